The number of nitrogens with one attached hydrogen (secondary N) is 1. The van der Waals surface area contributed by atoms with E-state index >= 15 is 0 Å². The van der Waals surface area contributed by atoms with Gasteiger partial charge in [-0.3, -0.25) is 10.1 Å². The molecule has 3 rings (SSSR count). The van der Waals surface area contributed by atoms with Crippen molar-refractivity contribution in [3.63, 3.8) is 0 Å². The molecular formula is C13H12N6OS3. The van der Waals surface area contributed by atoms with Gasteiger partial charge in [0.25, 0.3) is 0 Å². The van der Waals surface area contributed by atoms with E-state index in [0.717, 1.165) is 10.6 Å². The topological polar surface area (TPSA) is 107 Å². The monoisotopic (exact) mass is 364 g/mol. The van der Waals surface area contributed by atoms with Crippen LogP contribution in [0, 0.1) is 6.92 Å². The highest BCUT2D eigenvalue weighted by Gasteiger charge is 2.11. The first-order chi connectivity index (χ1) is 11.1. The molecule has 0 aliphatic carbocycles. The average Bonchev–Trinajstić information content (AvgIpc) is 3.15. The van der Waals surface area contributed by atoms with Gasteiger partial charge in [0.15, 0.2) is 4.34 Å². The van der Waals surface area contributed by atoms with Crippen LogP contribution in [-0.2, 0) is 4.79 Å². The molecule has 118 valence electrons. The van der Waals surface area contributed by atoms with Gasteiger partial charge in [-0.2, -0.15) is 0 Å². The second-order valence-corrected chi connectivity index (χ2v) is 7.73. The molecule has 1 amide bonds. The molecule has 0 saturated carbocycles. The highest BCUT2D eigenvalue weighted by atomic mass is 32.2. The van der Waals surface area contributed by atoms with E-state index < -0.39 is 0 Å². The van der Waals surface area contributed by atoms with Crippen molar-refractivity contribution in [1.82, 2.24) is 20.4 Å². The number of carbonyl (C=O) groups is 1. The van der Waals surface area contributed by atoms with E-state index in [9.17, 15) is 4.79 Å². The third-order valence-corrected chi connectivity index (χ3v) is 5.49. The zero-order valence-electron chi connectivity index (χ0n) is 12.0. The minimum Gasteiger partial charge on any atom is -0.374 e. The smallest absolute Gasteiger partial charge is 0.236 e. The lowest BCUT2D eigenvalue weighted by atomic mass is 10.2. The lowest BCUT2D eigenvalue weighted by Gasteiger charge is -1.98. The largest absolute Gasteiger partial charge is 0.374 e. The standard InChI is InChI=1S/C13H12N6OS3/c1-7-2-4-8(5-3-7)10-16-18-12(22-10)15-9(20)6-21-13-19-17-11(14)23-13/h2-5H,6H2,1H3,(H2,14,17)(H,15,18,20). The van der Waals surface area contributed by atoms with Crippen molar-refractivity contribution in [3.05, 3.63) is 29.8 Å². The summed E-state index contributed by atoms with van der Waals surface area (Å²) in [6.07, 6.45) is 0. The molecule has 1 aromatic carbocycles. The second kappa shape index (κ2) is 7.02. The van der Waals surface area contributed by atoms with E-state index in [1.165, 1.54) is 40.0 Å². The van der Waals surface area contributed by atoms with Crippen LogP contribution in [0.15, 0.2) is 28.6 Å². The number of carbonyl (C=O) groups excluding carboxylic acids is 1. The van der Waals surface area contributed by atoms with Gasteiger partial charge in [0.1, 0.15) is 5.01 Å². The van der Waals surface area contributed by atoms with Gasteiger partial charge in [0.2, 0.25) is 16.2 Å². The molecule has 0 aliphatic rings. The molecule has 0 fully saturated rings. The Morgan fingerprint density at radius 3 is 2.65 bits per heavy atom. The first-order valence-corrected chi connectivity index (χ1v) is 9.14. The van der Waals surface area contributed by atoms with E-state index in [4.69, 9.17) is 5.73 Å². The molecule has 0 atom stereocenters. The summed E-state index contributed by atoms with van der Waals surface area (Å²) in [7, 11) is 0. The predicted molar refractivity (Wildman–Crippen MR) is 93.8 cm³/mol. The van der Waals surface area contributed by atoms with Crippen molar-refractivity contribution in [2.75, 3.05) is 16.8 Å². The fourth-order valence-corrected chi connectivity index (χ4v) is 3.85. The van der Waals surface area contributed by atoms with E-state index in [2.05, 4.69) is 25.7 Å². The Morgan fingerprint density at radius 1 is 1.17 bits per heavy atom. The first kappa shape index (κ1) is 15.8. The van der Waals surface area contributed by atoms with Crippen molar-refractivity contribution in [2.45, 2.75) is 11.3 Å². The molecule has 0 spiro atoms. The number of hydrogen-bond donors (Lipinski definition) is 2. The van der Waals surface area contributed by atoms with Crippen LogP contribution in [0.3, 0.4) is 0 Å². The number of nitrogens with zero attached hydrogens (tertiary/aromatic N) is 4. The lowest BCUT2D eigenvalue weighted by molar-refractivity contribution is -0.113. The third kappa shape index (κ3) is 4.24. The third-order valence-electron chi connectivity index (χ3n) is 2.72. The summed E-state index contributed by atoms with van der Waals surface area (Å²) >= 11 is 3.87. The van der Waals surface area contributed by atoms with Gasteiger partial charge in [-0.25, -0.2) is 0 Å². The average molecular weight is 364 g/mol. The SMILES string of the molecule is Cc1ccc(-c2nnc(NC(=O)CSc3nnc(N)s3)s2)cc1. The lowest BCUT2D eigenvalue weighted by Crippen LogP contribution is -2.13. The molecule has 0 aliphatic heterocycles. The Morgan fingerprint density at radius 2 is 1.96 bits per heavy atom. The molecule has 23 heavy (non-hydrogen) atoms. The maximum atomic E-state index is 11.9. The van der Waals surface area contributed by atoms with Crippen LogP contribution in [-0.4, -0.2) is 32.1 Å². The van der Waals surface area contributed by atoms with Crippen molar-refractivity contribution >= 4 is 50.6 Å². The number of rotatable bonds is 5. The molecule has 2 aromatic heterocycles. The van der Waals surface area contributed by atoms with Gasteiger partial charge < -0.3 is 5.73 Å². The van der Waals surface area contributed by atoms with Crippen molar-refractivity contribution in [1.29, 1.82) is 0 Å². The molecule has 0 unspecified atom stereocenters. The van der Waals surface area contributed by atoms with Gasteiger partial charge in [0.05, 0.1) is 5.75 Å². The normalized spacial score (nSPS) is 10.7. The van der Waals surface area contributed by atoms with Gasteiger partial charge in [0, 0.05) is 5.56 Å². The molecule has 3 N–H and O–H groups in total. The van der Waals surface area contributed by atoms with E-state index in [1.807, 2.05) is 31.2 Å². The molecule has 0 bridgehead atoms. The molecular weight excluding hydrogens is 352 g/mol. The van der Waals surface area contributed by atoms with Crippen LogP contribution in [0.4, 0.5) is 10.3 Å². The van der Waals surface area contributed by atoms with Gasteiger partial charge >= 0.3 is 0 Å². The van der Waals surface area contributed by atoms with Crippen molar-refractivity contribution in [3.8, 4) is 10.6 Å². The fourth-order valence-electron chi connectivity index (χ4n) is 1.65. The zero-order chi connectivity index (χ0) is 16.2. The summed E-state index contributed by atoms with van der Waals surface area (Å²) in [6, 6.07) is 7.99. The Bertz CT molecular complexity index is 813. The summed E-state index contributed by atoms with van der Waals surface area (Å²) in [5.74, 6) is 0.0454. The molecule has 10 heteroatoms. The Balaban J connectivity index is 1.58. The van der Waals surface area contributed by atoms with E-state index in [-0.39, 0.29) is 11.7 Å². The Hall–Kier alpha value is -2.04. The highest BCUT2D eigenvalue weighted by Crippen LogP contribution is 2.27. The van der Waals surface area contributed by atoms with Crippen LogP contribution >= 0.6 is 34.4 Å². The first-order valence-electron chi connectivity index (χ1n) is 6.52. The molecule has 2 heterocycles. The number of aryl methyl sites for hydroxylation is 1. The maximum Gasteiger partial charge on any atom is 0.236 e. The van der Waals surface area contributed by atoms with E-state index in [1.54, 1.807) is 0 Å². The number of aromatic nitrogens is 4. The Labute approximate surface area is 144 Å². The highest BCUT2D eigenvalue weighted by molar-refractivity contribution is 8.01. The number of hydrogen-bond acceptors (Lipinski definition) is 9. The van der Waals surface area contributed by atoms with Crippen LogP contribution < -0.4 is 11.1 Å². The van der Waals surface area contributed by atoms with Crippen LogP contribution in [0.5, 0.6) is 0 Å². The summed E-state index contributed by atoms with van der Waals surface area (Å²) in [5, 5.41) is 20.0. The van der Waals surface area contributed by atoms with Crippen LogP contribution in [0.1, 0.15) is 5.56 Å². The molecule has 3 aromatic rings. The van der Waals surface area contributed by atoms with Gasteiger partial charge in [-0.15, -0.1) is 20.4 Å². The molecule has 0 saturated heterocycles. The molecule has 0 radical (unpaired) electrons. The Kier molecular flexibility index (Phi) is 4.84. The van der Waals surface area contributed by atoms with Gasteiger partial charge in [-0.1, -0.05) is 64.3 Å². The number of nitrogen functional groups attached to an aromatic ring is 1. The predicted octanol–water partition coefficient (Wildman–Crippen LogP) is 2.68. The fraction of sp³-hybridized carbons (Fsp3) is 0.154. The minimum atomic E-state index is -0.171. The number of nitrogens with two attached hydrogens (primary N) is 1. The number of benzene rings is 1. The van der Waals surface area contributed by atoms with Gasteiger partial charge in [-0.05, 0) is 6.92 Å². The zero-order valence-corrected chi connectivity index (χ0v) is 14.5. The molecule has 7 nitrogen and oxygen atoms in total. The van der Waals surface area contributed by atoms with Crippen molar-refractivity contribution < 1.29 is 4.79 Å². The summed E-state index contributed by atoms with van der Waals surface area (Å²) in [5.41, 5.74) is 7.65. The maximum absolute atomic E-state index is 11.9. The summed E-state index contributed by atoms with van der Waals surface area (Å²) in [6.45, 7) is 2.03. The quantitative estimate of drug-likeness (QED) is 0.670. The van der Waals surface area contributed by atoms with E-state index in [0.29, 0.717) is 14.6 Å². The number of thioether (sulfide) groups is 1. The summed E-state index contributed by atoms with van der Waals surface area (Å²) < 4.78 is 0.662. The van der Waals surface area contributed by atoms with Crippen LogP contribution in [0.2, 0.25) is 0 Å². The van der Waals surface area contributed by atoms with Crippen molar-refractivity contribution in [2.24, 2.45) is 0 Å². The number of anilines is 2. The number of amides is 1. The minimum absolute atomic E-state index is 0.171. The summed E-state index contributed by atoms with van der Waals surface area (Å²) in [4.78, 5) is 11.9. The second-order valence-electron chi connectivity index (χ2n) is 4.52. The van der Waals surface area contributed by atoms with Crippen LogP contribution in [0.25, 0.3) is 10.6 Å².